The van der Waals surface area contributed by atoms with Gasteiger partial charge in [0.15, 0.2) is 0 Å². The van der Waals surface area contributed by atoms with Crippen molar-refractivity contribution in [2.75, 3.05) is 6.61 Å². The molecule has 3 rings (SSSR count). The zero-order valence-electron chi connectivity index (χ0n) is 15.9. The molecule has 0 radical (unpaired) electrons. The summed E-state index contributed by atoms with van der Waals surface area (Å²) in [6.07, 6.45) is 7.71. The fourth-order valence-electron chi connectivity index (χ4n) is 3.00. The number of aromatic nitrogens is 3. The molecule has 2 aromatic heterocycles. The maximum atomic E-state index is 13.5. The second kappa shape index (κ2) is 8.35. The zero-order chi connectivity index (χ0) is 20.1. The predicted molar refractivity (Wildman–Crippen MR) is 105 cm³/mol. The molecule has 148 valence electrons. The molecule has 0 aromatic carbocycles. The Hall–Kier alpha value is -3.00. The van der Waals surface area contributed by atoms with Crippen molar-refractivity contribution in [2.24, 2.45) is 5.73 Å². The van der Waals surface area contributed by atoms with Gasteiger partial charge in [-0.15, -0.1) is 0 Å². The van der Waals surface area contributed by atoms with Crippen LogP contribution in [-0.4, -0.2) is 34.1 Å². The molecule has 8 heteroatoms. The minimum absolute atomic E-state index is 0.283. The number of halogens is 1. The van der Waals surface area contributed by atoms with Crippen molar-refractivity contribution in [2.45, 2.75) is 38.5 Å². The van der Waals surface area contributed by atoms with Gasteiger partial charge >= 0.3 is 6.09 Å². The number of ether oxygens (including phenoxy) is 1. The number of hydrogen-bond acceptors (Lipinski definition) is 5. The number of nitrogens with one attached hydrogen (secondary N) is 2. The molecule has 4 N–H and O–H groups in total. The Morgan fingerprint density at radius 1 is 1.46 bits per heavy atom. The Morgan fingerprint density at radius 2 is 2.21 bits per heavy atom. The van der Waals surface area contributed by atoms with E-state index < -0.39 is 17.9 Å². The summed E-state index contributed by atoms with van der Waals surface area (Å²) in [6, 6.07) is 3.66. The van der Waals surface area contributed by atoms with Crippen molar-refractivity contribution >= 4 is 11.7 Å². The van der Waals surface area contributed by atoms with Crippen LogP contribution in [0.1, 0.15) is 38.1 Å². The first-order valence-electron chi connectivity index (χ1n) is 9.18. The van der Waals surface area contributed by atoms with Gasteiger partial charge < -0.3 is 10.5 Å². The van der Waals surface area contributed by atoms with Gasteiger partial charge in [0.1, 0.15) is 11.8 Å². The van der Waals surface area contributed by atoms with Gasteiger partial charge in [-0.25, -0.2) is 9.18 Å². The predicted octanol–water partition coefficient (Wildman–Crippen LogP) is 3.42. The van der Waals surface area contributed by atoms with E-state index in [1.165, 1.54) is 6.08 Å². The fourth-order valence-corrected chi connectivity index (χ4v) is 3.00. The molecule has 0 fully saturated rings. The number of amides is 1. The lowest BCUT2D eigenvalue weighted by Crippen LogP contribution is -2.51. The van der Waals surface area contributed by atoms with Crippen LogP contribution >= 0.6 is 0 Å². The minimum Gasteiger partial charge on any atom is -0.450 e. The molecule has 7 nitrogen and oxygen atoms in total. The number of hydrogen-bond donors (Lipinski definition) is 3. The van der Waals surface area contributed by atoms with Crippen molar-refractivity contribution in [1.82, 2.24) is 20.5 Å². The SMILES string of the molecule is CCCOC(=O)N[C@@](C)(N)c1[nH]nc(C2=CCC(F)C=C2)c1-c1ccncc1. The summed E-state index contributed by atoms with van der Waals surface area (Å²) in [5.74, 6) is 0. The van der Waals surface area contributed by atoms with E-state index in [0.29, 0.717) is 24.4 Å². The van der Waals surface area contributed by atoms with Crippen LogP contribution in [-0.2, 0) is 10.4 Å². The number of alkyl carbamates (subject to hydrolysis) is 1. The lowest BCUT2D eigenvalue weighted by Gasteiger charge is -2.26. The lowest BCUT2D eigenvalue weighted by molar-refractivity contribution is 0.134. The molecular weight excluding hydrogens is 361 g/mol. The lowest BCUT2D eigenvalue weighted by atomic mass is 9.93. The van der Waals surface area contributed by atoms with Gasteiger partial charge in [0.2, 0.25) is 0 Å². The largest absolute Gasteiger partial charge is 0.450 e. The topological polar surface area (TPSA) is 106 Å². The van der Waals surface area contributed by atoms with Crippen molar-refractivity contribution < 1.29 is 13.9 Å². The molecule has 28 heavy (non-hydrogen) atoms. The highest BCUT2D eigenvalue weighted by molar-refractivity contribution is 5.86. The summed E-state index contributed by atoms with van der Waals surface area (Å²) in [5.41, 5.74) is 8.62. The smallest absolute Gasteiger partial charge is 0.408 e. The monoisotopic (exact) mass is 385 g/mol. The van der Waals surface area contributed by atoms with Gasteiger partial charge in [-0.2, -0.15) is 5.10 Å². The van der Waals surface area contributed by atoms with Crippen molar-refractivity contribution in [1.29, 1.82) is 0 Å². The molecule has 0 bridgehead atoms. The molecule has 1 aliphatic rings. The van der Waals surface area contributed by atoms with Crippen molar-refractivity contribution in [3.63, 3.8) is 0 Å². The molecule has 1 unspecified atom stereocenters. The summed E-state index contributed by atoms with van der Waals surface area (Å²) in [5, 5.41) is 10.0. The normalized spacial score (nSPS) is 18.3. The van der Waals surface area contributed by atoms with Crippen LogP contribution in [0.4, 0.5) is 9.18 Å². The summed E-state index contributed by atoms with van der Waals surface area (Å²) >= 11 is 0. The number of aromatic amines is 1. The number of carbonyl (C=O) groups excluding carboxylic acids is 1. The van der Waals surface area contributed by atoms with E-state index in [2.05, 4.69) is 20.5 Å². The number of pyridine rings is 1. The van der Waals surface area contributed by atoms with E-state index in [9.17, 15) is 9.18 Å². The average molecular weight is 385 g/mol. The van der Waals surface area contributed by atoms with E-state index in [0.717, 1.165) is 16.7 Å². The van der Waals surface area contributed by atoms with Gasteiger partial charge in [0, 0.05) is 24.4 Å². The highest BCUT2D eigenvalue weighted by Crippen LogP contribution is 2.35. The van der Waals surface area contributed by atoms with Crippen molar-refractivity contribution in [3.8, 4) is 11.1 Å². The summed E-state index contributed by atoms with van der Waals surface area (Å²) < 4.78 is 18.6. The number of allylic oxidation sites excluding steroid dienone is 4. The van der Waals surface area contributed by atoms with E-state index in [-0.39, 0.29) is 6.42 Å². The van der Waals surface area contributed by atoms with E-state index >= 15 is 0 Å². The maximum absolute atomic E-state index is 13.5. The van der Waals surface area contributed by atoms with Gasteiger partial charge in [-0.1, -0.05) is 19.1 Å². The van der Waals surface area contributed by atoms with Gasteiger partial charge in [-0.3, -0.25) is 15.4 Å². The van der Waals surface area contributed by atoms with E-state index in [1.54, 1.807) is 31.5 Å². The van der Waals surface area contributed by atoms with Crippen LogP contribution in [0.3, 0.4) is 0 Å². The van der Waals surface area contributed by atoms with Crippen LogP contribution in [0.25, 0.3) is 16.7 Å². The molecule has 2 aromatic rings. The van der Waals surface area contributed by atoms with Gasteiger partial charge in [0.05, 0.1) is 18.0 Å². The first-order valence-corrected chi connectivity index (χ1v) is 9.18. The highest BCUT2D eigenvalue weighted by Gasteiger charge is 2.32. The van der Waals surface area contributed by atoms with Crippen LogP contribution in [0.2, 0.25) is 0 Å². The molecule has 2 atom stereocenters. The second-order valence-electron chi connectivity index (χ2n) is 6.79. The molecule has 0 aliphatic heterocycles. The Morgan fingerprint density at radius 3 is 2.86 bits per heavy atom. The number of rotatable bonds is 6. The third-order valence-corrected chi connectivity index (χ3v) is 4.37. The van der Waals surface area contributed by atoms with Crippen LogP contribution in [0, 0.1) is 0 Å². The number of carbonyl (C=O) groups is 1. The number of H-pyrrole nitrogens is 1. The molecular formula is C20H24FN5O2. The Balaban J connectivity index is 2.02. The summed E-state index contributed by atoms with van der Waals surface area (Å²) in [6.45, 7) is 3.87. The third-order valence-electron chi connectivity index (χ3n) is 4.37. The molecule has 1 aliphatic carbocycles. The Bertz CT molecular complexity index is 889. The molecule has 0 saturated carbocycles. The number of nitrogens with zero attached hydrogens (tertiary/aromatic N) is 2. The minimum atomic E-state index is -1.27. The Kier molecular flexibility index (Phi) is 5.89. The Labute approximate surface area is 162 Å². The van der Waals surface area contributed by atoms with Crippen LogP contribution < -0.4 is 11.1 Å². The van der Waals surface area contributed by atoms with Crippen LogP contribution in [0.5, 0.6) is 0 Å². The first kappa shape index (κ1) is 19.8. The van der Waals surface area contributed by atoms with Gasteiger partial charge in [-0.05, 0) is 42.7 Å². The summed E-state index contributed by atoms with van der Waals surface area (Å²) in [4.78, 5) is 16.1. The van der Waals surface area contributed by atoms with Crippen LogP contribution in [0.15, 0.2) is 42.8 Å². The quantitative estimate of drug-likeness (QED) is 0.661. The zero-order valence-corrected chi connectivity index (χ0v) is 15.9. The summed E-state index contributed by atoms with van der Waals surface area (Å²) in [7, 11) is 0. The first-order chi connectivity index (χ1) is 13.4. The van der Waals surface area contributed by atoms with E-state index in [1.807, 2.05) is 19.1 Å². The molecule has 2 heterocycles. The fraction of sp³-hybridized carbons (Fsp3) is 0.350. The van der Waals surface area contributed by atoms with E-state index in [4.69, 9.17) is 10.5 Å². The van der Waals surface area contributed by atoms with Crippen molar-refractivity contribution in [3.05, 3.63) is 54.1 Å². The second-order valence-corrected chi connectivity index (χ2v) is 6.79. The highest BCUT2D eigenvalue weighted by atomic mass is 19.1. The number of nitrogens with two attached hydrogens (primary N) is 1. The van der Waals surface area contributed by atoms with Gasteiger partial charge in [0.25, 0.3) is 0 Å². The average Bonchev–Trinajstić information content (AvgIpc) is 3.13. The molecule has 0 spiro atoms. The standard InChI is InChI=1S/C20H24FN5O2/c1-3-12-28-19(27)24-20(2,22)18-16(13-8-10-23-11-9-13)17(25-26-18)14-4-6-15(21)7-5-14/h4-6,8-11,15H,3,7,12,22H2,1-2H3,(H,24,27)(H,25,26)/t15?,20-/m1/s1. The number of alkyl halides is 1. The third kappa shape index (κ3) is 4.28. The molecule has 0 saturated heterocycles. The molecule has 1 amide bonds. The maximum Gasteiger partial charge on any atom is 0.408 e.